The zero-order chi connectivity index (χ0) is 24.2. The van der Waals surface area contributed by atoms with Crippen LogP contribution in [-0.2, 0) is 0 Å². The second-order valence-electron chi connectivity index (χ2n) is 6.72. The van der Waals surface area contributed by atoms with Crippen LogP contribution in [0.4, 0.5) is 11.4 Å². The Hall–Kier alpha value is -4.02. The van der Waals surface area contributed by atoms with Crippen molar-refractivity contribution in [3.05, 3.63) is 83.9 Å². The highest BCUT2D eigenvalue weighted by molar-refractivity contribution is 7.80. The van der Waals surface area contributed by atoms with Crippen LogP contribution >= 0.6 is 24.4 Å². The number of nitrogens with one attached hydrogen (secondary N) is 4. The third kappa shape index (κ3) is 7.54. The van der Waals surface area contributed by atoms with Gasteiger partial charge in [-0.05, 0) is 65.9 Å². The number of benzene rings is 3. The summed E-state index contributed by atoms with van der Waals surface area (Å²) in [4.78, 5) is 0. The summed E-state index contributed by atoms with van der Waals surface area (Å²) in [5.74, 6) is 1.38. The summed E-state index contributed by atoms with van der Waals surface area (Å²) in [6, 6.07) is 22.6. The number of rotatable bonds is 8. The first-order valence-electron chi connectivity index (χ1n) is 10.2. The van der Waals surface area contributed by atoms with E-state index in [1.54, 1.807) is 26.6 Å². The molecule has 3 aromatic carbocycles. The van der Waals surface area contributed by atoms with E-state index < -0.39 is 0 Å². The molecule has 8 nitrogen and oxygen atoms in total. The van der Waals surface area contributed by atoms with Gasteiger partial charge in [0.15, 0.2) is 10.2 Å². The van der Waals surface area contributed by atoms with Crippen LogP contribution < -0.4 is 31.0 Å². The first-order chi connectivity index (χ1) is 16.6. The molecule has 3 aromatic rings. The van der Waals surface area contributed by atoms with Gasteiger partial charge < -0.3 is 20.1 Å². The van der Waals surface area contributed by atoms with E-state index >= 15 is 0 Å². The standard InChI is InChI=1S/C24H24N6O2S2/c1-31-21-12-5-3-10-19(21)27-23(33)29-25-15-17-8-7-9-18(14-17)16-26-30-24(34)28-20-11-4-6-13-22(20)32-2/h3-16H,1-2H3,(H2,27,29,33)(H2,28,30,34)/b25-15+,26-16+. The first kappa shape index (κ1) is 24.6. The molecule has 0 aliphatic heterocycles. The molecule has 0 aliphatic rings. The average Bonchev–Trinajstić information content (AvgIpc) is 2.85. The molecule has 4 N–H and O–H groups in total. The molecule has 0 heterocycles. The molecule has 3 rings (SSSR count). The number of ether oxygens (including phenoxy) is 2. The van der Waals surface area contributed by atoms with Gasteiger partial charge in [-0.25, -0.2) is 0 Å². The van der Waals surface area contributed by atoms with Crippen molar-refractivity contribution >= 4 is 58.5 Å². The van der Waals surface area contributed by atoms with E-state index in [1.807, 2.05) is 72.8 Å². The quantitative estimate of drug-likeness (QED) is 0.210. The minimum Gasteiger partial charge on any atom is -0.495 e. The maximum absolute atomic E-state index is 5.30. The SMILES string of the molecule is COc1ccccc1NC(=S)N/N=C/c1cccc(/C=N/NC(=S)Nc2ccccc2OC)c1. The molecule has 0 fully saturated rings. The number of thiocarbonyl (C=S) groups is 2. The maximum atomic E-state index is 5.30. The van der Waals surface area contributed by atoms with E-state index in [0.29, 0.717) is 21.7 Å². The zero-order valence-corrected chi connectivity index (χ0v) is 20.2. The number of hydrogen-bond donors (Lipinski definition) is 4. The van der Waals surface area contributed by atoms with Gasteiger partial charge >= 0.3 is 0 Å². The van der Waals surface area contributed by atoms with Gasteiger partial charge in [-0.2, -0.15) is 10.2 Å². The van der Waals surface area contributed by atoms with Gasteiger partial charge in [0.25, 0.3) is 0 Å². The molecular formula is C24H24N6O2S2. The minimum absolute atomic E-state index is 0.346. The Morgan fingerprint density at radius 3 is 1.56 bits per heavy atom. The molecule has 0 amide bonds. The summed E-state index contributed by atoms with van der Waals surface area (Å²) in [6.45, 7) is 0. The molecule has 0 saturated carbocycles. The van der Waals surface area contributed by atoms with Crippen molar-refractivity contribution in [2.24, 2.45) is 10.2 Å². The lowest BCUT2D eigenvalue weighted by molar-refractivity contribution is 0.417. The molecule has 0 unspecified atom stereocenters. The second-order valence-corrected chi connectivity index (χ2v) is 7.54. The van der Waals surface area contributed by atoms with E-state index in [0.717, 1.165) is 22.5 Å². The summed E-state index contributed by atoms with van der Waals surface area (Å²) in [6.07, 6.45) is 3.32. The topological polar surface area (TPSA) is 91.3 Å². The van der Waals surface area contributed by atoms with Crippen molar-refractivity contribution in [2.45, 2.75) is 0 Å². The molecule has 0 radical (unpaired) electrons. The summed E-state index contributed by atoms with van der Waals surface area (Å²) in [5.41, 5.74) is 8.82. The maximum Gasteiger partial charge on any atom is 0.191 e. The fourth-order valence-electron chi connectivity index (χ4n) is 2.85. The number of anilines is 2. The number of hydrogen-bond acceptors (Lipinski definition) is 6. The fraction of sp³-hybridized carbons (Fsp3) is 0.0833. The van der Waals surface area contributed by atoms with E-state index in [9.17, 15) is 0 Å². The lowest BCUT2D eigenvalue weighted by Crippen LogP contribution is -2.24. The van der Waals surface area contributed by atoms with Crippen molar-refractivity contribution in [3.8, 4) is 11.5 Å². The molecule has 0 saturated heterocycles. The molecule has 0 spiro atoms. The van der Waals surface area contributed by atoms with Crippen molar-refractivity contribution in [1.29, 1.82) is 0 Å². The minimum atomic E-state index is 0.346. The van der Waals surface area contributed by atoms with Crippen molar-refractivity contribution in [3.63, 3.8) is 0 Å². The van der Waals surface area contributed by atoms with Gasteiger partial charge in [-0.1, -0.05) is 42.5 Å². The third-order valence-electron chi connectivity index (χ3n) is 4.38. The third-order valence-corrected chi connectivity index (χ3v) is 4.77. The summed E-state index contributed by atoms with van der Waals surface area (Å²) >= 11 is 10.6. The molecule has 10 heteroatoms. The number of methoxy groups -OCH3 is 2. The summed E-state index contributed by atoms with van der Waals surface area (Å²) < 4.78 is 10.6. The Morgan fingerprint density at radius 2 is 1.12 bits per heavy atom. The normalized spacial score (nSPS) is 10.6. The second kappa shape index (κ2) is 12.9. The smallest absolute Gasteiger partial charge is 0.191 e. The molecule has 0 aliphatic carbocycles. The predicted molar refractivity (Wildman–Crippen MR) is 146 cm³/mol. The monoisotopic (exact) mass is 492 g/mol. The highest BCUT2D eigenvalue weighted by atomic mass is 32.1. The summed E-state index contributed by atoms with van der Waals surface area (Å²) in [7, 11) is 3.21. The lowest BCUT2D eigenvalue weighted by atomic mass is 10.1. The van der Waals surface area contributed by atoms with E-state index in [4.69, 9.17) is 33.9 Å². The predicted octanol–water partition coefficient (Wildman–Crippen LogP) is 4.34. The number of nitrogens with zero attached hydrogens (tertiary/aromatic N) is 2. The van der Waals surface area contributed by atoms with Crippen LogP contribution in [0.5, 0.6) is 11.5 Å². The highest BCUT2D eigenvalue weighted by Crippen LogP contribution is 2.23. The molecule has 0 aromatic heterocycles. The fourth-order valence-corrected chi connectivity index (χ4v) is 3.17. The lowest BCUT2D eigenvalue weighted by Gasteiger charge is -2.10. The van der Waals surface area contributed by atoms with E-state index in [-0.39, 0.29) is 0 Å². The molecule has 0 bridgehead atoms. The number of hydrazone groups is 2. The largest absolute Gasteiger partial charge is 0.495 e. The van der Waals surface area contributed by atoms with Gasteiger partial charge in [-0.3, -0.25) is 10.9 Å². The van der Waals surface area contributed by atoms with E-state index in [1.165, 1.54) is 0 Å². The Labute approximate surface area is 209 Å². The average molecular weight is 493 g/mol. The molecule has 34 heavy (non-hydrogen) atoms. The van der Waals surface area contributed by atoms with Crippen LogP contribution in [0.25, 0.3) is 0 Å². The number of para-hydroxylation sites is 4. The van der Waals surface area contributed by atoms with Crippen LogP contribution in [0.15, 0.2) is 83.0 Å². The van der Waals surface area contributed by atoms with Crippen LogP contribution in [0.3, 0.4) is 0 Å². The van der Waals surface area contributed by atoms with Crippen LogP contribution in [0.2, 0.25) is 0 Å². The molecule has 0 atom stereocenters. The Kier molecular flexibility index (Phi) is 9.32. The summed E-state index contributed by atoms with van der Waals surface area (Å²) in [5, 5.41) is 15.2. The Morgan fingerprint density at radius 1 is 0.676 bits per heavy atom. The van der Waals surface area contributed by atoms with Crippen molar-refractivity contribution in [2.75, 3.05) is 24.9 Å². The van der Waals surface area contributed by atoms with E-state index in [2.05, 4.69) is 31.7 Å². The molecule has 174 valence electrons. The van der Waals surface area contributed by atoms with Gasteiger partial charge in [0.1, 0.15) is 11.5 Å². The van der Waals surface area contributed by atoms with Gasteiger partial charge in [-0.15, -0.1) is 0 Å². The van der Waals surface area contributed by atoms with Crippen LogP contribution in [0, 0.1) is 0 Å². The Bertz CT molecular complexity index is 1110. The Balaban J connectivity index is 1.51. The molecular weight excluding hydrogens is 468 g/mol. The first-order valence-corrected chi connectivity index (χ1v) is 11.0. The van der Waals surface area contributed by atoms with Crippen LogP contribution in [-0.4, -0.2) is 36.9 Å². The van der Waals surface area contributed by atoms with Crippen LogP contribution in [0.1, 0.15) is 11.1 Å². The van der Waals surface area contributed by atoms with Gasteiger partial charge in [0, 0.05) is 0 Å². The zero-order valence-electron chi connectivity index (χ0n) is 18.6. The van der Waals surface area contributed by atoms with Gasteiger partial charge in [0.2, 0.25) is 0 Å². The van der Waals surface area contributed by atoms with Gasteiger partial charge in [0.05, 0.1) is 38.0 Å². The van der Waals surface area contributed by atoms with Crippen molar-refractivity contribution < 1.29 is 9.47 Å². The highest BCUT2D eigenvalue weighted by Gasteiger charge is 2.04. The van der Waals surface area contributed by atoms with Crippen molar-refractivity contribution in [1.82, 2.24) is 10.9 Å².